The number of rotatable bonds is 6. The van der Waals surface area contributed by atoms with Crippen LogP contribution in [0.1, 0.15) is 42.5 Å². The standard InChI is InChI=1S/C13H20N2O3S/c1-4-10(7-12(16)17)15-13(18)14-9(3)11-6-5-8(2)19-11/h5-6,9-10H,4,7H2,1-3H3,(H,16,17)(H2,14,15,18). The van der Waals surface area contributed by atoms with Gasteiger partial charge in [-0.1, -0.05) is 6.92 Å². The molecular weight excluding hydrogens is 264 g/mol. The Bertz CT molecular complexity index is 445. The fourth-order valence-electron chi connectivity index (χ4n) is 1.69. The zero-order valence-electron chi connectivity index (χ0n) is 11.4. The fourth-order valence-corrected chi connectivity index (χ4v) is 2.57. The Kier molecular flexibility index (Phi) is 5.82. The number of urea groups is 1. The topological polar surface area (TPSA) is 78.4 Å². The minimum atomic E-state index is -0.908. The number of amides is 2. The van der Waals surface area contributed by atoms with Gasteiger partial charge in [0, 0.05) is 15.8 Å². The van der Waals surface area contributed by atoms with Gasteiger partial charge in [-0.15, -0.1) is 11.3 Å². The number of carboxylic acids is 1. The number of aryl methyl sites for hydroxylation is 1. The Balaban J connectivity index is 2.47. The van der Waals surface area contributed by atoms with E-state index in [0.29, 0.717) is 6.42 Å². The molecule has 0 saturated carbocycles. The fraction of sp³-hybridized carbons (Fsp3) is 0.538. The Labute approximate surface area is 117 Å². The molecule has 0 radical (unpaired) electrons. The molecule has 0 aromatic carbocycles. The SMILES string of the molecule is CCC(CC(=O)O)NC(=O)NC(C)c1ccc(C)s1. The van der Waals surface area contributed by atoms with Crippen molar-refractivity contribution in [1.29, 1.82) is 0 Å². The average molecular weight is 284 g/mol. The molecule has 0 spiro atoms. The van der Waals surface area contributed by atoms with E-state index in [-0.39, 0.29) is 24.5 Å². The largest absolute Gasteiger partial charge is 0.481 e. The van der Waals surface area contributed by atoms with E-state index >= 15 is 0 Å². The third-order valence-electron chi connectivity index (χ3n) is 2.78. The summed E-state index contributed by atoms with van der Waals surface area (Å²) in [5, 5.41) is 14.2. The molecular formula is C13H20N2O3S. The highest BCUT2D eigenvalue weighted by Crippen LogP contribution is 2.22. The first-order valence-electron chi connectivity index (χ1n) is 6.27. The van der Waals surface area contributed by atoms with E-state index in [0.717, 1.165) is 4.88 Å². The zero-order chi connectivity index (χ0) is 14.4. The first kappa shape index (κ1) is 15.5. The third-order valence-corrected chi connectivity index (χ3v) is 3.97. The number of nitrogens with one attached hydrogen (secondary N) is 2. The van der Waals surface area contributed by atoms with Crippen LogP contribution < -0.4 is 10.6 Å². The summed E-state index contributed by atoms with van der Waals surface area (Å²) in [7, 11) is 0. The van der Waals surface area contributed by atoms with Gasteiger partial charge in [-0.25, -0.2) is 4.79 Å². The van der Waals surface area contributed by atoms with E-state index < -0.39 is 5.97 Å². The van der Waals surface area contributed by atoms with Crippen molar-refractivity contribution >= 4 is 23.3 Å². The molecule has 1 aromatic rings. The number of carbonyl (C=O) groups is 2. The number of carbonyl (C=O) groups excluding carboxylic acids is 1. The van der Waals surface area contributed by atoms with Gasteiger partial charge in [0.2, 0.25) is 0 Å². The maximum Gasteiger partial charge on any atom is 0.315 e. The Morgan fingerprint density at radius 3 is 2.53 bits per heavy atom. The number of aliphatic carboxylic acids is 1. The Morgan fingerprint density at radius 2 is 2.05 bits per heavy atom. The van der Waals surface area contributed by atoms with Crippen LogP contribution in [0, 0.1) is 6.92 Å². The van der Waals surface area contributed by atoms with Gasteiger partial charge in [-0.2, -0.15) is 0 Å². The van der Waals surface area contributed by atoms with Crippen LogP contribution in [0.3, 0.4) is 0 Å². The summed E-state index contributed by atoms with van der Waals surface area (Å²) in [4.78, 5) is 24.7. The molecule has 0 aliphatic rings. The lowest BCUT2D eigenvalue weighted by atomic mass is 10.1. The molecule has 2 unspecified atom stereocenters. The number of hydrogen-bond acceptors (Lipinski definition) is 3. The molecule has 0 aliphatic carbocycles. The summed E-state index contributed by atoms with van der Waals surface area (Å²) in [6.45, 7) is 5.77. The molecule has 106 valence electrons. The van der Waals surface area contributed by atoms with Crippen LogP contribution in [-0.4, -0.2) is 23.1 Å². The third kappa shape index (κ3) is 5.30. The lowest BCUT2D eigenvalue weighted by molar-refractivity contribution is -0.137. The molecule has 1 heterocycles. The molecule has 2 amide bonds. The lowest BCUT2D eigenvalue weighted by Gasteiger charge is -2.18. The van der Waals surface area contributed by atoms with Crippen molar-refractivity contribution in [2.24, 2.45) is 0 Å². The number of thiophene rings is 1. The van der Waals surface area contributed by atoms with E-state index in [1.165, 1.54) is 4.88 Å². The van der Waals surface area contributed by atoms with Crippen LogP contribution in [0.4, 0.5) is 4.79 Å². The van der Waals surface area contributed by atoms with Crippen molar-refractivity contribution in [3.63, 3.8) is 0 Å². The molecule has 5 nitrogen and oxygen atoms in total. The van der Waals surface area contributed by atoms with Gasteiger partial charge in [0.1, 0.15) is 0 Å². The zero-order valence-corrected chi connectivity index (χ0v) is 12.2. The van der Waals surface area contributed by atoms with Crippen LogP contribution in [0.15, 0.2) is 12.1 Å². The van der Waals surface area contributed by atoms with Crippen LogP contribution in [0.5, 0.6) is 0 Å². The van der Waals surface area contributed by atoms with E-state index in [1.807, 2.05) is 32.9 Å². The molecule has 19 heavy (non-hydrogen) atoms. The first-order valence-corrected chi connectivity index (χ1v) is 7.09. The van der Waals surface area contributed by atoms with Gasteiger partial charge in [-0.3, -0.25) is 4.79 Å². The molecule has 6 heteroatoms. The molecule has 2 atom stereocenters. The highest BCUT2D eigenvalue weighted by molar-refractivity contribution is 7.12. The number of hydrogen-bond donors (Lipinski definition) is 3. The smallest absolute Gasteiger partial charge is 0.315 e. The normalized spacial score (nSPS) is 13.6. The van der Waals surface area contributed by atoms with Crippen LogP contribution >= 0.6 is 11.3 Å². The molecule has 0 saturated heterocycles. The van der Waals surface area contributed by atoms with E-state index in [1.54, 1.807) is 11.3 Å². The summed E-state index contributed by atoms with van der Waals surface area (Å²) < 4.78 is 0. The van der Waals surface area contributed by atoms with Crippen molar-refractivity contribution < 1.29 is 14.7 Å². The monoisotopic (exact) mass is 284 g/mol. The minimum absolute atomic E-state index is 0.0591. The van der Waals surface area contributed by atoms with Crippen molar-refractivity contribution in [3.05, 3.63) is 21.9 Å². The molecule has 1 aromatic heterocycles. The summed E-state index contributed by atoms with van der Waals surface area (Å²) in [5.41, 5.74) is 0. The van der Waals surface area contributed by atoms with E-state index in [4.69, 9.17) is 5.11 Å². The minimum Gasteiger partial charge on any atom is -0.481 e. The molecule has 0 aliphatic heterocycles. The summed E-state index contributed by atoms with van der Waals surface area (Å²) >= 11 is 1.64. The van der Waals surface area contributed by atoms with Crippen molar-refractivity contribution in [2.75, 3.05) is 0 Å². The summed E-state index contributed by atoms with van der Waals surface area (Å²) in [6.07, 6.45) is 0.530. The molecule has 1 rings (SSSR count). The first-order chi connectivity index (χ1) is 8.92. The van der Waals surface area contributed by atoms with Crippen molar-refractivity contribution in [2.45, 2.75) is 45.7 Å². The number of carboxylic acid groups (broad SMARTS) is 1. The van der Waals surface area contributed by atoms with E-state index in [9.17, 15) is 9.59 Å². The molecule has 0 fully saturated rings. The van der Waals surface area contributed by atoms with Crippen molar-refractivity contribution in [3.8, 4) is 0 Å². The van der Waals surface area contributed by atoms with Gasteiger partial charge < -0.3 is 15.7 Å². The average Bonchev–Trinajstić information content (AvgIpc) is 2.74. The van der Waals surface area contributed by atoms with Crippen LogP contribution in [-0.2, 0) is 4.79 Å². The Morgan fingerprint density at radius 1 is 1.37 bits per heavy atom. The summed E-state index contributed by atoms with van der Waals surface area (Å²) in [5.74, 6) is -0.908. The van der Waals surface area contributed by atoms with Gasteiger partial charge in [0.05, 0.1) is 12.5 Å². The van der Waals surface area contributed by atoms with Crippen LogP contribution in [0.2, 0.25) is 0 Å². The summed E-state index contributed by atoms with van der Waals surface area (Å²) in [6, 6.07) is 3.25. The van der Waals surface area contributed by atoms with Gasteiger partial charge >= 0.3 is 12.0 Å². The maximum absolute atomic E-state index is 11.8. The van der Waals surface area contributed by atoms with E-state index in [2.05, 4.69) is 10.6 Å². The quantitative estimate of drug-likeness (QED) is 0.751. The second-order valence-electron chi connectivity index (χ2n) is 4.49. The highest BCUT2D eigenvalue weighted by Gasteiger charge is 2.16. The predicted octanol–water partition coefficient (Wildman–Crippen LogP) is 2.67. The lowest BCUT2D eigenvalue weighted by Crippen LogP contribution is -2.43. The second-order valence-corrected chi connectivity index (χ2v) is 5.81. The van der Waals surface area contributed by atoms with Crippen LogP contribution in [0.25, 0.3) is 0 Å². The highest BCUT2D eigenvalue weighted by atomic mass is 32.1. The van der Waals surface area contributed by atoms with Crippen molar-refractivity contribution in [1.82, 2.24) is 10.6 Å². The van der Waals surface area contributed by atoms with Gasteiger partial charge in [0.25, 0.3) is 0 Å². The molecule has 3 N–H and O–H groups in total. The van der Waals surface area contributed by atoms with Gasteiger partial charge in [0.15, 0.2) is 0 Å². The second kappa shape index (κ2) is 7.13. The predicted molar refractivity (Wildman–Crippen MR) is 75.5 cm³/mol. The van der Waals surface area contributed by atoms with Gasteiger partial charge in [-0.05, 0) is 32.4 Å². The Hall–Kier alpha value is -1.56. The maximum atomic E-state index is 11.8. The molecule has 0 bridgehead atoms.